The minimum Gasteiger partial charge on any atom is -0.481 e. The second-order valence-corrected chi connectivity index (χ2v) is 15.0. The summed E-state index contributed by atoms with van der Waals surface area (Å²) < 4.78 is 6.83. The Morgan fingerprint density at radius 1 is 1.29 bits per heavy atom. The molecule has 1 aliphatic carbocycles. The Kier molecular flexibility index (Phi) is 9.91. The van der Waals surface area contributed by atoms with E-state index in [2.05, 4.69) is 53.8 Å². The molecule has 0 aromatic rings. The monoisotopic (exact) mass is 412 g/mol. The highest BCUT2D eigenvalue weighted by molar-refractivity contribution is 6.74. The van der Waals surface area contributed by atoms with Gasteiger partial charge in [0.15, 0.2) is 8.32 Å². The van der Waals surface area contributed by atoms with Gasteiger partial charge in [0.25, 0.3) is 0 Å². The first kappa shape index (κ1) is 25.4. The van der Waals surface area contributed by atoms with Gasteiger partial charge >= 0.3 is 5.97 Å². The minimum absolute atomic E-state index is 0.0206. The van der Waals surface area contributed by atoms with Crippen molar-refractivity contribution in [1.29, 1.82) is 0 Å². The van der Waals surface area contributed by atoms with Crippen molar-refractivity contribution in [2.24, 2.45) is 11.8 Å². The molecule has 0 radical (unpaired) electrons. The standard InChI is InChI=1S/C23H44O4Si/c1-8-9-10-11-17(2)21(27-28(6,7)23(3,4)5)15-13-18-12-14-20(24)19(18)16-22(25)26/h12,17,19-21,24H,8-11,13-16H2,1-7H3,(H,25,26)/t17?,19-,20+,21+/m1/s1. The molecule has 0 aliphatic heterocycles. The van der Waals surface area contributed by atoms with E-state index in [1.54, 1.807) is 0 Å². The Labute approximate surface area is 173 Å². The number of aliphatic hydroxyl groups excluding tert-OH is 1. The summed E-state index contributed by atoms with van der Waals surface area (Å²) >= 11 is 0. The maximum atomic E-state index is 11.2. The highest BCUT2D eigenvalue weighted by Crippen LogP contribution is 2.40. The first-order chi connectivity index (χ1) is 12.9. The largest absolute Gasteiger partial charge is 0.481 e. The predicted molar refractivity (Wildman–Crippen MR) is 119 cm³/mol. The summed E-state index contributed by atoms with van der Waals surface area (Å²) in [5.41, 5.74) is 1.11. The van der Waals surface area contributed by atoms with Crippen molar-refractivity contribution in [2.45, 2.75) is 116 Å². The van der Waals surface area contributed by atoms with E-state index < -0.39 is 20.4 Å². The van der Waals surface area contributed by atoms with E-state index in [0.29, 0.717) is 12.3 Å². The molecular weight excluding hydrogens is 368 g/mol. The number of rotatable bonds is 12. The first-order valence-electron chi connectivity index (χ1n) is 11.2. The van der Waals surface area contributed by atoms with Crippen LogP contribution in [0, 0.1) is 11.8 Å². The third-order valence-electron chi connectivity index (χ3n) is 6.82. The molecule has 2 N–H and O–H groups in total. The third kappa shape index (κ3) is 7.64. The van der Waals surface area contributed by atoms with Crippen molar-refractivity contribution < 1.29 is 19.4 Å². The molecule has 1 rings (SSSR count). The Hall–Kier alpha value is -0.653. The first-order valence-corrected chi connectivity index (χ1v) is 14.1. The molecule has 4 nitrogen and oxygen atoms in total. The summed E-state index contributed by atoms with van der Waals surface area (Å²) in [5, 5.41) is 19.5. The molecule has 0 amide bonds. The van der Waals surface area contributed by atoms with Gasteiger partial charge in [-0.3, -0.25) is 4.79 Å². The molecule has 1 unspecified atom stereocenters. The van der Waals surface area contributed by atoms with E-state index in [4.69, 9.17) is 4.43 Å². The van der Waals surface area contributed by atoms with Gasteiger partial charge in [0.1, 0.15) is 0 Å². The van der Waals surface area contributed by atoms with E-state index in [1.165, 1.54) is 25.7 Å². The zero-order chi connectivity index (χ0) is 21.5. The molecule has 0 aromatic carbocycles. The van der Waals surface area contributed by atoms with E-state index in [0.717, 1.165) is 18.4 Å². The lowest BCUT2D eigenvalue weighted by atomic mass is 9.88. The number of hydrogen-bond acceptors (Lipinski definition) is 3. The molecule has 164 valence electrons. The fourth-order valence-corrected chi connectivity index (χ4v) is 5.26. The van der Waals surface area contributed by atoms with E-state index >= 15 is 0 Å². The smallest absolute Gasteiger partial charge is 0.304 e. The van der Waals surface area contributed by atoms with Gasteiger partial charge in [0.05, 0.1) is 12.5 Å². The molecule has 0 spiro atoms. The van der Waals surface area contributed by atoms with Gasteiger partial charge < -0.3 is 14.6 Å². The van der Waals surface area contributed by atoms with E-state index in [1.807, 2.05) is 0 Å². The molecule has 4 atom stereocenters. The van der Waals surface area contributed by atoms with E-state index in [-0.39, 0.29) is 23.5 Å². The number of carboxylic acids is 1. The lowest BCUT2D eigenvalue weighted by Crippen LogP contribution is -2.45. The number of aliphatic carboxylic acids is 1. The predicted octanol–water partition coefficient (Wildman–Crippen LogP) is 6.16. The molecule has 5 heteroatoms. The van der Waals surface area contributed by atoms with Crippen molar-refractivity contribution in [3.05, 3.63) is 11.6 Å². The van der Waals surface area contributed by atoms with Crippen LogP contribution in [0.2, 0.25) is 18.1 Å². The van der Waals surface area contributed by atoms with Gasteiger partial charge in [-0.1, -0.05) is 65.5 Å². The number of hydrogen-bond donors (Lipinski definition) is 2. The summed E-state index contributed by atoms with van der Waals surface area (Å²) in [6, 6.07) is 0. The van der Waals surface area contributed by atoms with Crippen LogP contribution in [0.5, 0.6) is 0 Å². The Bertz CT molecular complexity index is 521. The summed E-state index contributed by atoms with van der Waals surface area (Å²) in [6.07, 6.45) is 8.93. The topological polar surface area (TPSA) is 66.8 Å². The zero-order valence-corrected chi connectivity index (χ0v) is 20.3. The van der Waals surface area contributed by atoms with Crippen LogP contribution < -0.4 is 0 Å². The second kappa shape index (κ2) is 10.9. The molecule has 0 bridgehead atoms. The lowest BCUT2D eigenvalue weighted by molar-refractivity contribution is -0.138. The van der Waals surface area contributed by atoms with Crippen LogP contribution in [0.1, 0.15) is 86.0 Å². The van der Waals surface area contributed by atoms with Crippen molar-refractivity contribution in [2.75, 3.05) is 0 Å². The van der Waals surface area contributed by atoms with Gasteiger partial charge in [-0.15, -0.1) is 0 Å². The third-order valence-corrected chi connectivity index (χ3v) is 11.3. The number of carbonyl (C=O) groups is 1. The molecule has 0 saturated heterocycles. The van der Waals surface area contributed by atoms with Gasteiger partial charge in [-0.05, 0) is 49.7 Å². The molecule has 0 saturated carbocycles. The summed E-state index contributed by atoms with van der Waals surface area (Å²) in [6.45, 7) is 16.0. The number of carboxylic acid groups (broad SMARTS) is 1. The van der Waals surface area contributed by atoms with Gasteiger partial charge in [0.2, 0.25) is 0 Å². The van der Waals surface area contributed by atoms with Crippen LogP contribution in [-0.2, 0) is 9.22 Å². The minimum atomic E-state index is -1.87. The molecule has 0 heterocycles. The quantitative estimate of drug-likeness (QED) is 0.229. The highest BCUT2D eigenvalue weighted by Gasteiger charge is 2.40. The molecule has 1 aliphatic rings. The van der Waals surface area contributed by atoms with Gasteiger partial charge in [0, 0.05) is 12.0 Å². The molecule has 0 aromatic heterocycles. The zero-order valence-electron chi connectivity index (χ0n) is 19.3. The highest BCUT2D eigenvalue weighted by atomic mass is 28.4. The van der Waals surface area contributed by atoms with Crippen LogP contribution in [-0.4, -0.2) is 36.7 Å². The summed E-state index contributed by atoms with van der Waals surface area (Å²) in [5.74, 6) is -0.578. The second-order valence-electron chi connectivity index (χ2n) is 10.2. The molecule has 0 fully saturated rings. The Balaban J connectivity index is 2.83. The van der Waals surface area contributed by atoms with Crippen LogP contribution >= 0.6 is 0 Å². The summed E-state index contributed by atoms with van der Waals surface area (Å²) in [7, 11) is -1.87. The fourth-order valence-electron chi connectivity index (χ4n) is 3.80. The Morgan fingerprint density at radius 2 is 1.93 bits per heavy atom. The summed E-state index contributed by atoms with van der Waals surface area (Å²) in [4.78, 5) is 11.2. The van der Waals surface area contributed by atoms with Crippen LogP contribution in [0.15, 0.2) is 11.6 Å². The van der Waals surface area contributed by atoms with Crippen molar-refractivity contribution in [3.63, 3.8) is 0 Å². The molecular formula is C23H44O4Si. The van der Waals surface area contributed by atoms with Crippen molar-refractivity contribution >= 4 is 14.3 Å². The van der Waals surface area contributed by atoms with Crippen LogP contribution in [0.25, 0.3) is 0 Å². The maximum Gasteiger partial charge on any atom is 0.304 e. The molecule has 28 heavy (non-hydrogen) atoms. The number of aliphatic hydroxyl groups is 1. The van der Waals surface area contributed by atoms with E-state index in [9.17, 15) is 15.0 Å². The average molecular weight is 413 g/mol. The normalized spacial score (nSPS) is 22.8. The Morgan fingerprint density at radius 3 is 2.46 bits per heavy atom. The van der Waals surface area contributed by atoms with Crippen LogP contribution in [0.3, 0.4) is 0 Å². The van der Waals surface area contributed by atoms with Crippen LogP contribution in [0.4, 0.5) is 0 Å². The van der Waals surface area contributed by atoms with Crippen molar-refractivity contribution in [3.8, 4) is 0 Å². The average Bonchev–Trinajstić information content (AvgIpc) is 2.90. The van der Waals surface area contributed by atoms with Crippen molar-refractivity contribution in [1.82, 2.24) is 0 Å². The van der Waals surface area contributed by atoms with Gasteiger partial charge in [-0.2, -0.15) is 0 Å². The van der Waals surface area contributed by atoms with Gasteiger partial charge in [-0.25, -0.2) is 0 Å². The lowest BCUT2D eigenvalue weighted by Gasteiger charge is -2.41. The SMILES string of the molecule is CCCCCC(C)[C@H](CCC1=CC[C@H](O)[C@@H]1CC(=O)O)O[Si](C)(C)C(C)(C)C. The fraction of sp³-hybridized carbons (Fsp3) is 0.870. The maximum absolute atomic E-state index is 11.2. The number of unbranched alkanes of at least 4 members (excludes halogenated alkanes) is 2.